The third-order valence-electron chi connectivity index (χ3n) is 3.08. The summed E-state index contributed by atoms with van der Waals surface area (Å²) in [6.45, 7) is 1.61. The molecule has 0 aromatic carbocycles. The van der Waals surface area contributed by atoms with Crippen LogP contribution in [0.1, 0.15) is 64.7 Å². The smallest absolute Gasteiger partial charge is 0.326 e. The van der Waals surface area contributed by atoms with Crippen molar-refractivity contribution in [3.63, 3.8) is 0 Å². The molecular formula is C14H27NO4. The number of carboxylic acid groups (broad SMARTS) is 1. The molecule has 0 aromatic rings. The van der Waals surface area contributed by atoms with Crippen LogP contribution in [0.2, 0.25) is 0 Å². The number of carbonyl (C=O) groups is 2. The Morgan fingerprint density at radius 1 is 0.947 bits per heavy atom. The van der Waals surface area contributed by atoms with Crippen molar-refractivity contribution in [1.82, 2.24) is 5.32 Å². The predicted molar refractivity (Wildman–Crippen MR) is 73.9 cm³/mol. The van der Waals surface area contributed by atoms with Crippen molar-refractivity contribution >= 4 is 11.9 Å². The van der Waals surface area contributed by atoms with E-state index in [1.165, 1.54) is 13.3 Å². The van der Waals surface area contributed by atoms with Crippen molar-refractivity contribution < 1.29 is 19.8 Å². The highest BCUT2D eigenvalue weighted by Gasteiger charge is 2.17. The van der Waals surface area contributed by atoms with Crippen LogP contribution in [-0.2, 0) is 9.59 Å². The van der Waals surface area contributed by atoms with E-state index in [4.69, 9.17) is 10.2 Å². The van der Waals surface area contributed by atoms with Crippen LogP contribution in [0.25, 0.3) is 0 Å². The molecule has 1 amide bonds. The van der Waals surface area contributed by atoms with Crippen LogP contribution in [-0.4, -0.2) is 34.7 Å². The van der Waals surface area contributed by atoms with Crippen LogP contribution in [0.3, 0.4) is 0 Å². The minimum absolute atomic E-state index is 0.278. The van der Waals surface area contributed by atoms with E-state index >= 15 is 0 Å². The molecule has 3 N–H and O–H groups in total. The summed E-state index contributed by atoms with van der Waals surface area (Å²) in [5, 5.41) is 20.0. The molecule has 0 aliphatic rings. The Morgan fingerprint density at radius 2 is 1.42 bits per heavy atom. The Morgan fingerprint density at radius 3 is 1.84 bits per heavy atom. The zero-order valence-corrected chi connectivity index (χ0v) is 11.9. The first-order valence-corrected chi connectivity index (χ1v) is 7.18. The monoisotopic (exact) mass is 273 g/mol. The Kier molecular flexibility index (Phi) is 11.3. The van der Waals surface area contributed by atoms with Crippen LogP contribution in [0, 0.1) is 0 Å². The molecule has 0 rings (SSSR count). The zero-order valence-electron chi connectivity index (χ0n) is 11.9. The molecule has 0 aromatic heterocycles. The molecule has 112 valence electrons. The van der Waals surface area contributed by atoms with Gasteiger partial charge in [-0.15, -0.1) is 0 Å². The lowest BCUT2D eigenvalue weighted by Crippen LogP contribution is -2.39. The van der Waals surface area contributed by atoms with E-state index in [0.717, 1.165) is 44.9 Å². The van der Waals surface area contributed by atoms with E-state index in [-0.39, 0.29) is 12.5 Å². The van der Waals surface area contributed by atoms with Crippen molar-refractivity contribution in [3.05, 3.63) is 0 Å². The predicted octanol–water partition coefficient (Wildman–Crippen LogP) is 2.08. The zero-order chi connectivity index (χ0) is 14.5. The van der Waals surface area contributed by atoms with Gasteiger partial charge in [0.05, 0.1) is 0 Å². The third kappa shape index (κ3) is 11.7. The van der Waals surface area contributed by atoms with Gasteiger partial charge in [-0.25, -0.2) is 4.79 Å². The van der Waals surface area contributed by atoms with Crippen molar-refractivity contribution in [2.45, 2.75) is 70.8 Å². The van der Waals surface area contributed by atoms with Gasteiger partial charge in [0.2, 0.25) is 5.91 Å². The molecule has 0 saturated carbocycles. The van der Waals surface area contributed by atoms with Gasteiger partial charge in [0.1, 0.15) is 6.04 Å². The molecule has 0 spiro atoms. The van der Waals surface area contributed by atoms with Gasteiger partial charge >= 0.3 is 5.97 Å². The number of hydrogen-bond acceptors (Lipinski definition) is 3. The molecule has 5 heteroatoms. The molecular weight excluding hydrogens is 246 g/mol. The minimum atomic E-state index is -0.959. The van der Waals surface area contributed by atoms with Crippen LogP contribution >= 0.6 is 0 Å². The van der Waals surface area contributed by atoms with Gasteiger partial charge < -0.3 is 15.5 Å². The number of hydrogen-bond donors (Lipinski definition) is 3. The molecule has 0 aliphatic heterocycles. The average Bonchev–Trinajstić information content (AvgIpc) is 2.34. The number of unbranched alkanes of at least 4 members (excludes halogenated alkanes) is 7. The first-order valence-electron chi connectivity index (χ1n) is 7.18. The second-order valence-corrected chi connectivity index (χ2v) is 4.93. The molecule has 0 bridgehead atoms. The number of carbonyl (C=O) groups excluding carboxylic acids is 1. The van der Waals surface area contributed by atoms with Crippen LogP contribution in [0.15, 0.2) is 0 Å². The van der Waals surface area contributed by atoms with E-state index in [0.29, 0.717) is 6.42 Å². The second-order valence-electron chi connectivity index (χ2n) is 4.93. The van der Waals surface area contributed by atoms with E-state index in [1.54, 1.807) is 0 Å². The van der Waals surface area contributed by atoms with Gasteiger partial charge in [-0.3, -0.25) is 4.79 Å². The van der Waals surface area contributed by atoms with E-state index in [2.05, 4.69) is 5.32 Å². The van der Waals surface area contributed by atoms with Crippen molar-refractivity contribution in [1.29, 1.82) is 0 Å². The van der Waals surface area contributed by atoms with Crippen LogP contribution in [0.4, 0.5) is 0 Å². The summed E-state index contributed by atoms with van der Waals surface area (Å²) in [6.07, 6.45) is 8.89. The quantitative estimate of drug-likeness (QED) is 0.475. The summed E-state index contributed by atoms with van der Waals surface area (Å²) in [5.74, 6) is -1.25. The van der Waals surface area contributed by atoms with Gasteiger partial charge in [-0.1, -0.05) is 44.9 Å². The maximum Gasteiger partial charge on any atom is 0.326 e. The normalized spacial score (nSPS) is 12.1. The summed E-state index contributed by atoms with van der Waals surface area (Å²) in [6, 6.07) is -0.748. The fraction of sp³-hybridized carbons (Fsp3) is 0.857. The molecule has 0 radical (unpaired) electrons. The van der Waals surface area contributed by atoms with Gasteiger partial charge in [0.25, 0.3) is 0 Å². The lowest BCUT2D eigenvalue weighted by molar-refractivity contribution is -0.141. The molecule has 0 aliphatic carbocycles. The number of aliphatic carboxylic acids is 1. The molecule has 1 unspecified atom stereocenters. The number of amides is 1. The molecule has 0 saturated heterocycles. The Balaban J connectivity index is 3.45. The summed E-state index contributed by atoms with van der Waals surface area (Å²) in [4.78, 5) is 21.7. The SMILES string of the molecule is CC(=O)NC(CCCCCCCCCCO)C(=O)O. The van der Waals surface area contributed by atoms with Gasteiger partial charge in [-0.05, 0) is 12.8 Å². The highest BCUT2D eigenvalue weighted by Crippen LogP contribution is 2.10. The van der Waals surface area contributed by atoms with Crippen molar-refractivity contribution in [2.75, 3.05) is 6.61 Å². The van der Waals surface area contributed by atoms with Crippen LogP contribution in [0.5, 0.6) is 0 Å². The topological polar surface area (TPSA) is 86.6 Å². The lowest BCUT2D eigenvalue weighted by Gasteiger charge is -2.12. The molecule has 19 heavy (non-hydrogen) atoms. The highest BCUT2D eigenvalue weighted by atomic mass is 16.4. The fourth-order valence-corrected chi connectivity index (χ4v) is 2.02. The van der Waals surface area contributed by atoms with E-state index < -0.39 is 12.0 Å². The third-order valence-corrected chi connectivity index (χ3v) is 3.08. The molecule has 5 nitrogen and oxygen atoms in total. The van der Waals surface area contributed by atoms with Gasteiger partial charge in [-0.2, -0.15) is 0 Å². The van der Waals surface area contributed by atoms with E-state index in [1.807, 2.05) is 0 Å². The lowest BCUT2D eigenvalue weighted by atomic mass is 10.0. The van der Waals surface area contributed by atoms with Gasteiger partial charge in [0, 0.05) is 13.5 Å². The summed E-state index contributed by atoms with van der Waals surface area (Å²) < 4.78 is 0. The molecule has 0 fully saturated rings. The van der Waals surface area contributed by atoms with E-state index in [9.17, 15) is 9.59 Å². The Labute approximate surface area is 115 Å². The summed E-state index contributed by atoms with van der Waals surface area (Å²) in [7, 11) is 0. The average molecular weight is 273 g/mol. The standard InChI is InChI=1S/C14H27NO4/c1-12(17)15-13(14(18)19)10-8-6-4-2-3-5-7-9-11-16/h13,16H,2-11H2,1H3,(H,15,17)(H,18,19). The van der Waals surface area contributed by atoms with Crippen molar-refractivity contribution in [3.8, 4) is 0 Å². The van der Waals surface area contributed by atoms with Crippen LogP contribution < -0.4 is 5.32 Å². The second kappa shape index (κ2) is 12.0. The Bertz CT molecular complexity index is 256. The number of carboxylic acids is 1. The minimum Gasteiger partial charge on any atom is -0.480 e. The number of aliphatic hydroxyl groups is 1. The number of nitrogens with one attached hydrogen (secondary N) is 1. The maximum atomic E-state index is 10.9. The Hall–Kier alpha value is -1.10. The first-order chi connectivity index (χ1) is 9.07. The van der Waals surface area contributed by atoms with Gasteiger partial charge in [0.15, 0.2) is 0 Å². The highest BCUT2D eigenvalue weighted by molar-refractivity contribution is 5.81. The maximum absolute atomic E-state index is 10.9. The fourth-order valence-electron chi connectivity index (χ4n) is 2.02. The summed E-state index contributed by atoms with van der Waals surface area (Å²) >= 11 is 0. The molecule has 1 atom stereocenters. The number of rotatable bonds is 12. The van der Waals surface area contributed by atoms with Crippen molar-refractivity contribution in [2.24, 2.45) is 0 Å². The number of aliphatic hydroxyl groups excluding tert-OH is 1. The first kappa shape index (κ1) is 17.9. The molecule has 0 heterocycles. The largest absolute Gasteiger partial charge is 0.480 e. The summed E-state index contributed by atoms with van der Waals surface area (Å²) in [5.41, 5.74) is 0.